The summed E-state index contributed by atoms with van der Waals surface area (Å²) in [7, 11) is 0. The summed E-state index contributed by atoms with van der Waals surface area (Å²) in [5.41, 5.74) is 1.39. The zero-order valence-corrected chi connectivity index (χ0v) is 14.1. The number of amides is 1. The maximum atomic E-state index is 12.5. The summed E-state index contributed by atoms with van der Waals surface area (Å²) >= 11 is 0. The average molecular weight is 338 g/mol. The van der Waals surface area contributed by atoms with E-state index in [4.69, 9.17) is 4.52 Å². The number of nitrogens with zero attached hydrogens (tertiary/aromatic N) is 5. The van der Waals surface area contributed by atoms with E-state index in [1.54, 1.807) is 19.1 Å². The van der Waals surface area contributed by atoms with Crippen LogP contribution in [-0.4, -0.2) is 36.9 Å². The molecule has 1 N–H and O–H groups in total. The molecule has 3 aromatic rings. The van der Waals surface area contributed by atoms with Crippen LogP contribution in [0.2, 0.25) is 0 Å². The van der Waals surface area contributed by atoms with Gasteiger partial charge >= 0.3 is 0 Å². The second kappa shape index (κ2) is 6.12. The van der Waals surface area contributed by atoms with Gasteiger partial charge in [-0.3, -0.25) is 4.79 Å². The summed E-state index contributed by atoms with van der Waals surface area (Å²) in [5.74, 6) is 2.81. The lowest BCUT2D eigenvalue weighted by molar-refractivity contribution is 0.0927. The highest BCUT2D eigenvalue weighted by molar-refractivity contribution is 5.94. The zero-order chi connectivity index (χ0) is 17.4. The summed E-state index contributed by atoms with van der Waals surface area (Å²) in [6.07, 6.45) is 1.68. The molecule has 4 rings (SSSR count). The minimum absolute atomic E-state index is 0.0768. The number of rotatable bonds is 3. The lowest BCUT2D eigenvalue weighted by Gasteiger charge is -2.24. The van der Waals surface area contributed by atoms with Crippen LogP contribution in [-0.2, 0) is 13.0 Å². The molecule has 0 saturated heterocycles. The molecule has 1 aromatic carbocycles. The molecular formula is C17H18N6O2. The predicted octanol–water partition coefficient (Wildman–Crippen LogP) is 1.69. The SMILES string of the molecule is Cc1noc(-c2ccc(C(=O)N[C@@H]3CCc4nnc(C)n4C3)cc2)n1. The van der Waals surface area contributed by atoms with Crippen LogP contribution in [0, 0.1) is 13.8 Å². The van der Waals surface area contributed by atoms with E-state index in [1.165, 1.54) is 0 Å². The Kier molecular flexibility index (Phi) is 3.79. The van der Waals surface area contributed by atoms with Crippen molar-refractivity contribution in [3.63, 3.8) is 0 Å². The Labute approximate surface area is 144 Å². The summed E-state index contributed by atoms with van der Waals surface area (Å²) in [5, 5.41) is 15.1. The third kappa shape index (κ3) is 3.02. The fourth-order valence-electron chi connectivity index (χ4n) is 3.03. The standard InChI is InChI=1S/C17H18N6O2/c1-10-18-17(25-22-10)13-5-3-12(4-6-13)16(24)19-14-7-8-15-21-20-11(2)23(15)9-14/h3-6,14H,7-9H2,1-2H3,(H,19,24)/t14-/m1/s1. The van der Waals surface area contributed by atoms with Crippen molar-refractivity contribution in [2.75, 3.05) is 0 Å². The molecule has 0 saturated carbocycles. The van der Waals surface area contributed by atoms with Crippen molar-refractivity contribution in [1.82, 2.24) is 30.2 Å². The van der Waals surface area contributed by atoms with Crippen LogP contribution in [0.4, 0.5) is 0 Å². The smallest absolute Gasteiger partial charge is 0.257 e. The monoisotopic (exact) mass is 338 g/mol. The minimum atomic E-state index is -0.0903. The Hall–Kier alpha value is -3.03. The van der Waals surface area contributed by atoms with Gasteiger partial charge in [0.1, 0.15) is 11.6 Å². The van der Waals surface area contributed by atoms with E-state index in [0.717, 1.165) is 30.1 Å². The third-order valence-corrected chi connectivity index (χ3v) is 4.39. The molecule has 1 atom stereocenters. The van der Waals surface area contributed by atoms with Crippen molar-refractivity contribution in [2.45, 2.75) is 39.3 Å². The van der Waals surface area contributed by atoms with Gasteiger partial charge in [0.25, 0.3) is 11.8 Å². The number of hydrogen-bond donors (Lipinski definition) is 1. The number of carbonyl (C=O) groups is 1. The Morgan fingerprint density at radius 2 is 2.04 bits per heavy atom. The van der Waals surface area contributed by atoms with Crippen LogP contribution in [0.15, 0.2) is 28.8 Å². The quantitative estimate of drug-likeness (QED) is 0.780. The van der Waals surface area contributed by atoms with Crippen molar-refractivity contribution < 1.29 is 9.32 Å². The van der Waals surface area contributed by atoms with E-state index in [9.17, 15) is 4.79 Å². The fraction of sp³-hybridized carbons (Fsp3) is 0.353. The molecule has 128 valence electrons. The molecule has 25 heavy (non-hydrogen) atoms. The molecule has 1 aliphatic heterocycles. The van der Waals surface area contributed by atoms with Gasteiger partial charge in [0.15, 0.2) is 5.82 Å². The maximum absolute atomic E-state index is 12.5. The van der Waals surface area contributed by atoms with Gasteiger partial charge in [-0.25, -0.2) is 0 Å². The van der Waals surface area contributed by atoms with Gasteiger partial charge in [0.05, 0.1) is 0 Å². The second-order valence-corrected chi connectivity index (χ2v) is 6.21. The fourth-order valence-corrected chi connectivity index (χ4v) is 3.03. The van der Waals surface area contributed by atoms with Crippen molar-refractivity contribution in [2.24, 2.45) is 0 Å². The van der Waals surface area contributed by atoms with Gasteiger partial charge in [0, 0.05) is 30.1 Å². The van der Waals surface area contributed by atoms with Gasteiger partial charge in [-0.2, -0.15) is 4.98 Å². The van der Waals surface area contributed by atoms with Crippen molar-refractivity contribution >= 4 is 5.91 Å². The lowest BCUT2D eigenvalue weighted by atomic mass is 10.1. The normalized spacial score (nSPS) is 16.5. The molecule has 0 aliphatic carbocycles. The van der Waals surface area contributed by atoms with Crippen LogP contribution < -0.4 is 5.32 Å². The van der Waals surface area contributed by atoms with Crippen LogP contribution in [0.25, 0.3) is 11.5 Å². The van der Waals surface area contributed by atoms with Gasteiger partial charge in [0.2, 0.25) is 0 Å². The van der Waals surface area contributed by atoms with Crippen LogP contribution in [0.1, 0.15) is 34.3 Å². The Bertz CT molecular complexity index is 912. The highest BCUT2D eigenvalue weighted by Crippen LogP contribution is 2.18. The van der Waals surface area contributed by atoms with E-state index in [-0.39, 0.29) is 11.9 Å². The molecule has 8 heteroatoms. The van der Waals surface area contributed by atoms with E-state index >= 15 is 0 Å². The molecule has 0 unspecified atom stereocenters. The first-order valence-electron chi connectivity index (χ1n) is 8.20. The van der Waals surface area contributed by atoms with Crippen molar-refractivity contribution in [3.05, 3.63) is 47.3 Å². The van der Waals surface area contributed by atoms with Gasteiger partial charge in [-0.05, 0) is 44.5 Å². The van der Waals surface area contributed by atoms with Crippen LogP contribution in [0.3, 0.4) is 0 Å². The Morgan fingerprint density at radius 1 is 1.24 bits per heavy atom. The number of carbonyl (C=O) groups excluding carboxylic acids is 1. The molecular weight excluding hydrogens is 320 g/mol. The Morgan fingerprint density at radius 3 is 2.76 bits per heavy atom. The molecule has 0 radical (unpaired) electrons. The molecule has 1 amide bonds. The lowest BCUT2D eigenvalue weighted by Crippen LogP contribution is -2.41. The summed E-state index contributed by atoms with van der Waals surface area (Å²) in [6.45, 7) is 4.40. The largest absolute Gasteiger partial charge is 0.347 e. The molecule has 0 bridgehead atoms. The molecule has 8 nitrogen and oxygen atoms in total. The summed E-state index contributed by atoms with van der Waals surface area (Å²) in [6, 6.07) is 7.23. The number of nitrogens with one attached hydrogen (secondary N) is 1. The molecule has 3 heterocycles. The number of fused-ring (bicyclic) bond motifs is 1. The molecule has 0 fully saturated rings. The first-order valence-corrected chi connectivity index (χ1v) is 8.20. The maximum Gasteiger partial charge on any atom is 0.257 e. The van der Waals surface area contributed by atoms with Gasteiger partial charge < -0.3 is 14.4 Å². The van der Waals surface area contributed by atoms with E-state index < -0.39 is 0 Å². The van der Waals surface area contributed by atoms with E-state index in [2.05, 4.69) is 30.2 Å². The zero-order valence-electron chi connectivity index (χ0n) is 14.1. The van der Waals surface area contributed by atoms with E-state index in [1.807, 2.05) is 19.1 Å². The molecule has 0 spiro atoms. The number of aryl methyl sites for hydroxylation is 3. The predicted molar refractivity (Wildman–Crippen MR) is 88.8 cm³/mol. The topological polar surface area (TPSA) is 98.7 Å². The average Bonchev–Trinajstić information content (AvgIpc) is 3.21. The highest BCUT2D eigenvalue weighted by atomic mass is 16.5. The van der Waals surface area contributed by atoms with Crippen LogP contribution >= 0.6 is 0 Å². The summed E-state index contributed by atoms with van der Waals surface area (Å²) < 4.78 is 7.20. The number of aromatic nitrogens is 5. The second-order valence-electron chi connectivity index (χ2n) is 6.21. The van der Waals surface area contributed by atoms with Gasteiger partial charge in [-0.1, -0.05) is 5.16 Å². The van der Waals surface area contributed by atoms with Crippen molar-refractivity contribution in [3.8, 4) is 11.5 Å². The van der Waals surface area contributed by atoms with Crippen LogP contribution in [0.5, 0.6) is 0 Å². The Balaban J connectivity index is 1.44. The number of benzene rings is 1. The third-order valence-electron chi connectivity index (χ3n) is 4.39. The van der Waals surface area contributed by atoms with Gasteiger partial charge in [-0.15, -0.1) is 10.2 Å². The van der Waals surface area contributed by atoms with Crippen molar-refractivity contribution in [1.29, 1.82) is 0 Å². The highest BCUT2D eigenvalue weighted by Gasteiger charge is 2.23. The molecule has 1 aliphatic rings. The summed E-state index contributed by atoms with van der Waals surface area (Å²) in [4.78, 5) is 16.7. The molecule has 2 aromatic heterocycles. The first kappa shape index (κ1) is 15.5. The number of hydrogen-bond acceptors (Lipinski definition) is 6. The van der Waals surface area contributed by atoms with E-state index in [0.29, 0.717) is 23.8 Å². The minimum Gasteiger partial charge on any atom is -0.347 e. The first-order chi connectivity index (χ1) is 12.1.